The molecule has 0 aromatic carbocycles. The minimum atomic E-state index is -0.850. The normalized spacial score (nSPS) is 18.0. The zero-order chi connectivity index (χ0) is 18.3. The van der Waals surface area contributed by atoms with Crippen LogP contribution >= 0.6 is 0 Å². The molecule has 0 aliphatic carbocycles. The first-order valence-corrected chi connectivity index (χ1v) is 8.75. The molecule has 1 aliphatic heterocycles. The highest BCUT2D eigenvalue weighted by Crippen LogP contribution is 2.15. The molecule has 136 valence electrons. The monoisotopic (exact) mass is 337 g/mol. The molecule has 24 heavy (non-hydrogen) atoms. The second kappa shape index (κ2) is 8.88. The largest absolute Gasteiger partial charge is 0.337 e. The van der Waals surface area contributed by atoms with Crippen molar-refractivity contribution in [3.05, 3.63) is 0 Å². The van der Waals surface area contributed by atoms with Gasteiger partial charge in [0.15, 0.2) is 0 Å². The topological polar surface area (TPSA) is 79.7 Å². The Hall–Kier alpha value is -1.81. The van der Waals surface area contributed by atoms with Crippen molar-refractivity contribution in [1.29, 1.82) is 5.26 Å². The van der Waals surface area contributed by atoms with E-state index < -0.39 is 5.54 Å². The predicted molar refractivity (Wildman–Crippen MR) is 93.3 cm³/mol. The predicted octanol–water partition coefficient (Wildman–Crippen LogP) is 1.12. The summed E-state index contributed by atoms with van der Waals surface area (Å²) >= 11 is 0. The van der Waals surface area contributed by atoms with Crippen LogP contribution in [0.25, 0.3) is 0 Å². The van der Waals surface area contributed by atoms with Crippen molar-refractivity contribution in [3.63, 3.8) is 0 Å². The third-order valence-corrected chi connectivity index (χ3v) is 4.83. The van der Waals surface area contributed by atoms with Crippen LogP contribution in [0.5, 0.6) is 0 Å². The van der Waals surface area contributed by atoms with Crippen molar-refractivity contribution < 1.29 is 9.59 Å². The molecule has 1 fully saturated rings. The molecule has 7 nitrogen and oxygen atoms in total. The first kappa shape index (κ1) is 20.2. The number of carbonyl (C=O) groups excluding carboxylic acids is 2. The lowest BCUT2D eigenvalue weighted by molar-refractivity contribution is -0.124. The molecular weight excluding hydrogens is 306 g/mol. The van der Waals surface area contributed by atoms with Crippen molar-refractivity contribution in [1.82, 2.24) is 20.0 Å². The number of urea groups is 1. The van der Waals surface area contributed by atoms with Crippen molar-refractivity contribution in [2.45, 2.75) is 40.2 Å². The van der Waals surface area contributed by atoms with Crippen LogP contribution < -0.4 is 5.32 Å². The van der Waals surface area contributed by atoms with Crippen LogP contribution in [0.1, 0.15) is 34.6 Å². The fourth-order valence-corrected chi connectivity index (χ4v) is 2.63. The van der Waals surface area contributed by atoms with Gasteiger partial charge in [-0.1, -0.05) is 13.8 Å². The Morgan fingerprint density at radius 2 is 1.75 bits per heavy atom. The van der Waals surface area contributed by atoms with Crippen molar-refractivity contribution >= 4 is 11.9 Å². The van der Waals surface area contributed by atoms with Crippen LogP contribution in [0.4, 0.5) is 4.79 Å². The molecular formula is C17H31N5O2. The van der Waals surface area contributed by atoms with E-state index in [-0.39, 0.29) is 24.4 Å². The van der Waals surface area contributed by atoms with Gasteiger partial charge in [-0.05, 0) is 26.7 Å². The van der Waals surface area contributed by atoms with Crippen LogP contribution in [-0.2, 0) is 4.79 Å². The average molecular weight is 337 g/mol. The molecule has 0 bridgehead atoms. The number of rotatable bonds is 6. The molecule has 1 aliphatic rings. The van der Waals surface area contributed by atoms with E-state index in [1.165, 1.54) is 0 Å². The van der Waals surface area contributed by atoms with E-state index in [0.29, 0.717) is 39.3 Å². The second-order valence-electron chi connectivity index (χ2n) is 6.74. The Balaban J connectivity index is 2.48. The first-order chi connectivity index (χ1) is 11.3. The summed E-state index contributed by atoms with van der Waals surface area (Å²) in [4.78, 5) is 30.2. The molecule has 3 amide bonds. The Labute approximate surface area is 145 Å². The van der Waals surface area contributed by atoms with Crippen molar-refractivity contribution in [2.24, 2.45) is 5.92 Å². The third kappa shape index (κ3) is 5.10. The molecule has 0 aromatic heterocycles. The number of nitriles is 1. The molecule has 0 spiro atoms. The maximum absolute atomic E-state index is 12.3. The van der Waals surface area contributed by atoms with E-state index in [2.05, 4.69) is 11.4 Å². The Morgan fingerprint density at radius 1 is 1.21 bits per heavy atom. The van der Waals surface area contributed by atoms with Crippen molar-refractivity contribution in [3.8, 4) is 6.07 Å². The molecule has 0 aromatic rings. The van der Waals surface area contributed by atoms with Gasteiger partial charge in [-0.15, -0.1) is 0 Å². The molecule has 1 atom stereocenters. The Bertz CT molecular complexity index is 476. The molecule has 1 heterocycles. The summed E-state index contributed by atoms with van der Waals surface area (Å²) in [5.41, 5.74) is -0.850. The number of piperazine rings is 1. The molecule has 1 saturated heterocycles. The van der Waals surface area contributed by atoms with Gasteiger partial charge in [-0.2, -0.15) is 5.26 Å². The van der Waals surface area contributed by atoms with Gasteiger partial charge < -0.3 is 15.1 Å². The lowest BCUT2D eigenvalue weighted by Crippen LogP contribution is -2.56. The van der Waals surface area contributed by atoms with E-state index in [9.17, 15) is 14.9 Å². The number of hydrogen-bond donors (Lipinski definition) is 1. The fraction of sp³-hybridized carbons (Fsp3) is 0.824. The van der Waals surface area contributed by atoms with E-state index in [4.69, 9.17) is 0 Å². The lowest BCUT2D eigenvalue weighted by atomic mass is 9.90. The average Bonchev–Trinajstić information content (AvgIpc) is 2.56. The second-order valence-corrected chi connectivity index (χ2v) is 6.74. The van der Waals surface area contributed by atoms with Gasteiger partial charge in [0, 0.05) is 39.3 Å². The van der Waals surface area contributed by atoms with E-state index in [1.807, 2.05) is 42.4 Å². The van der Waals surface area contributed by atoms with E-state index in [0.717, 1.165) is 0 Å². The summed E-state index contributed by atoms with van der Waals surface area (Å²) in [7, 11) is 0. The zero-order valence-corrected chi connectivity index (χ0v) is 15.6. The highest BCUT2D eigenvalue weighted by molar-refractivity contribution is 5.79. The SMILES string of the molecule is CCN(CC)C(=O)N1CCN(CC(=O)N[C@@](C)(C#N)C(C)C)CC1. The van der Waals surface area contributed by atoms with Crippen molar-refractivity contribution in [2.75, 3.05) is 45.8 Å². The summed E-state index contributed by atoms with van der Waals surface area (Å²) in [6, 6.07) is 2.25. The van der Waals surface area contributed by atoms with E-state index in [1.54, 1.807) is 6.92 Å². The van der Waals surface area contributed by atoms with Crippen LogP contribution in [0.15, 0.2) is 0 Å². The lowest BCUT2D eigenvalue weighted by Gasteiger charge is -2.37. The maximum atomic E-state index is 12.3. The summed E-state index contributed by atoms with van der Waals surface area (Å²) in [5.74, 6) is -0.105. The van der Waals surface area contributed by atoms with Crippen LogP contribution in [0.3, 0.4) is 0 Å². The number of carbonyl (C=O) groups is 2. The smallest absolute Gasteiger partial charge is 0.320 e. The summed E-state index contributed by atoms with van der Waals surface area (Å²) in [6.45, 7) is 13.8. The zero-order valence-electron chi connectivity index (χ0n) is 15.6. The van der Waals surface area contributed by atoms with Gasteiger partial charge in [-0.25, -0.2) is 4.79 Å². The molecule has 1 rings (SSSR count). The highest BCUT2D eigenvalue weighted by Gasteiger charge is 2.31. The minimum absolute atomic E-state index is 0.0370. The number of hydrogen-bond acceptors (Lipinski definition) is 4. The quantitative estimate of drug-likeness (QED) is 0.788. The summed E-state index contributed by atoms with van der Waals surface area (Å²) in [6.07, 6.45) is 0. The number of nitrogens with zero attached hydrogens (tertiary/aromatic N) is 4. The highest BCUT2D eigenvalue weighted by atomic mass is 16.2. The van der Waals surface area contributed by atoms with Gasteiger partial charge in [0.05, 0.1) is 12.6 Å². The molecule has 7 heteroatoms. The molecule has 0 radical (unpaired) electrons. The number of amides is 3. The van der Waals surface area contributed by atoms with Gasteiger partial charge >= 0.3 is 6.03 Å². The fourth-order valence-electron chi connectivity index (χ4n) is 2.63. The third-order valence-electron chi connectivity index (χ3n) is 4.83. The van der Waals surface area contributed by atoms with E-state index >= 15 is 0 Å². The van der Waals surface area contributed by atoms with Crippen LogP contribution in [-0.4, -0.2) is 78.0 Å². The summed E-state index contributed by atoms with van der Waals surface area (Å²) in [5, 5.41) is 12.1. The van der Waals surface area contributed by atoms with Gasteiger partial charge in [0.2, 0.25) is 5.91 Å². The Kier molecular flexibility index (Phi) is 7.49. The number of nitrogens with one attached hydrogen (secondary N) is 1. The molecule has 0 unspecified atom stereocenters. The van der Waals surface area contributed by atoms with Gasteiger partial charge in [0.1, 0.15) is 5.54 Å². The van der Waals surface area contributed by atoms with Gasteiger partial charge in [-0.3, -0.25) is 9.69 Å². The van der Waals surface area contributed by atoms with Crippen LogP contribution in [0, 0.1) is 17.2 Å². The maximum Gasteiger partial charge on any atom is 0.320 e. The minimum Gasteiger partial charge on any atom is -0.337 e. The summed E-state index contributed by atoms with van der Waals surface area (Å²) < 4.78 is 0. The first-order valence-electron chi connectivity index (χ1n) is 8.75. The molecule has 0 saturated carbocycles. The van der Waals surface area contributed by atoms with Gasteiger partial charge in [0.25, 0.3) is 0 Å². The standard InChI is InChI=1S/C17H31N5O2/c1-6-21(7-2)16(24)22-10-8-20(9-11-22)12-15(23)19-17(5,13-18)14(3)4/h14H,6-12H2,1-5H3,(H,19,23)/t17-/m0/s1. The van der Waals surface area contributed by atoms with Crippen LogP contribution in [0.2, 0.25) is 0 Å². The molecule has 1 N–H and O–H groups in total. The Morgan fingerprint density at radius 3 is 2.17 bits per heavy atom.